The predicted molar refractivity (Wildman–Crippen MR) is 98.6 cm³/mol. The normalized spacial score (nSPS) is 18.9. The topological polar surface area (TPSA) is 111 Å². The van der Waals surface area contributed by atoms with E-state index < -0.39 is 11.0 Å². The number of hydrogen-bond donors (Lipinski definition) is 2. The number of nitrogens with zero attached hydrogens (tertiary/aromatic N) is 1. The van der Waals surface area contributed by atoms with Crippen molar-refractivity contribution in [3.63, 3.8) is 0 Å². The molecule has 2 atom stereocenters. The molecule has 8 nitrogen and oxygen atoms in total. The van der Waals surface area contributed by atoms with Crippen molar-refractivity contribution in [2.45, 2.75) is 26.0 Å². The van der Waals surface area contributed by atoms with Crippen LogP contribution in [-0.4, -0.2) is 35.3 Å². The molecule has 9 heteroatoms. The summed E-state index contributed by atoms with van der Waals surface area (Å²) >= 11 is 1.54. The number of β-lactam (4-membered cyclic amide) rings is 1. The third-order valence-corrected chi connectivity index (χ3v) is 4.70. The van der Waals surface area contributed by atoms with Crippen LogP contribution >= 0.6 is 11.8 Å². The van der Waals surface area contributed by atoms with E-state index in [2.05, 4.69) is 10.6 Å². The van der Waals surface area contributed by atoms with E-state index in [-0.39, 0.29) is 30.2 Å². The lowest BCUT2D eigenvalue weighted by molar-refractivity contribution is -0.384. The van der Waals surface area contributed by atoms with Crippen LogP contribution in [0.5, 0.6) is 0 Å². The molecule has 2 N–H and O–H groups in total. The van der Waals surface area contributed by atoms with E-state index in [0.29, 0.717) is 17.9 Å². The highest BCUT2D eigenvalue weighted by Gasteiger charge is 2.35. The molecule has 2 unspecified atom stereocenters. The molecule has 1 aromatic rings. The first-order chi connectivity index (χ1) is 12.5. The smallest absolute Gasteiger partial charge is 0.407 e. The largest absolute Gasteiger partial charge is 0.445 e. The number of benzene rings is 1. The minimum atomic E-state index is -0.537. The lowest BCUT2D eigenvalue weighted by Gasteiger charge is -2.33. The molecule has 0 radical (unpaired) electrons. The number of carbonyl (C=O) groups excluding carboxylic acids is 2. The average molecular weight is 379 g/mol. The van der Waals surface area contributed by atoms with Crippen LogP contribution in [0.3, 0.4) is 0 Å². The van der Waals surface area contributed by atoms with Crippen LogP contribution in [0.2, 0.25) is 0 Å². The number of hydrogen-bond acceptors (Lipinski definition) is 6. The summed E-state index contributed by atoms with van der Waals surface area (Å²) in [4.78, 5) is 32.9. The van der Waals surface area contributed by atoms with E-state index in [4.69, 9.17) is 4.74 Å². The van der Waals surface area contributed by atoms with Crippen LogP contribution < -0.4 is 10.6 Å². The number of nitro benzene ring substituents is 1. The Kier molecular flexibility index (Phi) is 7.46. The van der Waals surface area contributed by atoms with E-state index in [1.807, 2.05) is 18.4 Å². The van der Waals surface area contributed by atoms with Crippen molar-refractivity contribution in [1.82, 2.24) is 10.6 Å². The van der Waals surface area contributed by atoms with Gasteiger partial charge in [0, 0.05) is 24.4 Å². The maximum Gasteiger partial charge on any atom is 0.407 e. The Balaban J connectivity index is 1.56. The zero-order chi connectivity index (χ0) is 18.9. The molecule has 26 heavy (non-hydrogen) atoms. The summed E-state index contributed by atoms with van der Waals surface area (Å²) in [5, 5.41) is 17.9. The van der Waals surface area contributed by atoms with Crippen molar-refractivity contribution in [1.29, 1.82) is 0 Å². The number of alkyl carbamates (subject to hydrolysis) is 1. The second-order valence-corrected chi connectivity index (χ2v) is 6.69. The van der Waals surface area contributed by atoms with Gasteiger partial charge in [0.2, 0.25) is 5.91 Å². The third-order valence-electron chi connectivity index (χ3n) is 3.91. The molecule has 1 aromatic carbocycles. The molecule has 2 rings (SSSR count). The Morgan fingerprint density at radius 1 is 1.42 bits per heavy atom. The summed E-state index contributed by atoms with van der Waals surface area (Å²) in [6, 6.07) is 5.95. The molecule has 0 bridgehead atoms. The van der Waals surface area contributed by atoms with Crippen LogP contribution in [0, 0.1) is 16.0 Å². The van der Waals surface area contributed by atoms with Gasteiger partial charge in [-0.3, -0.25) is 14.9 Å². The Morgan fingerprint density at radius 2 is 2.15 bits per heavy atom. The Bertz CT molecular complexity index is 677. The van der Waals surface area contributed by atoms with Gasteiger partial charge in [0.25, 0.3) is 5.69 Å². The zero-order valence-electron chi connectivity index (χ0n) is 14.3. The van der Waals surface area contributed by atoms with E-state index >= 15 is 0 Å². The van der Waals surface area contributed by atoms with Gasteiger partial charge < -0.3 is 15.4 Å². The summed E-state index contributed by atoms with van der Waals surface area (Å²) in [5.41, 5.74) is 0.672. The van der Waals surface area contributed by atoms with Gasteiger partial charge in [-0.15, -0.1) is 11.8 Å². The van der Waals surface area contributed by atoms with E-state index in [1.165, 1.54) is 23.9 Å². The molecule has 1 saturated heterocycles. The van der Waals surface area contributed by atoms with Crippen LogP contribution in [0.25, 0.3) is 0 Å². The Hall–Kier alpha value is -2.55. The number of rotatable bonds is 9. The van der Waals surface area contributed by atoms with Gasteiger partial charge in [-0.05, 0) is 29.5 Å². The first kappa shape index (κ1) is 19.8. The molecular weight excluding hydrogens is 358 g/mol. The average Bonchev–Trinajstić information content (AvgIpc) is 2.62. The van der Waals surface area contributed by atoms with Crippen molar-refractivity contribution >= 4 is 29.4 Å². The molecule has 1 aliphatic heterocycles. The molecule has 0 saturated carbocycles. The minimum Gasteiger partial charge on any atom is -0.445 e. The summed E-state index contributed by atoms with van der Waals surface area (Å²) in [6.45, 7) is 2.49. The molecule has 0 spiro atoms. The maximum absolute atomic E-state index is 11.6. The number of amides is 2. The van der Waals surface area contributed by atoms with Crippen molar-refractivity contribution in [3.05, 3.63) is 51.4 Å². The van der Waals surface area contributed by atoms with Crippen molar-refractivity contribution in [2.75, 3.05) is 12.3 Å². The van der Waals surface area contributed by atoms with Crippen molar-refractivity contribution < 1.29 is 19.2 Å². The molecule has 140 valence electrons. The second-order valence-electron chi connectivity index (χ2n) is 5.67. The SMILES string of the molecule is CCC1C(=O)NC1C=CSCCNC(=O)OCc1ccc([N+](=O)[O-])cc1. The van der Waals surface area contributed by atoms with Gasteiger partial charge in [-0.1, -0.05) is 13.0 Å². The van der Waals surface area contributed by atoms with Gasteiger partial charge >= 0.3 is 6.09 Å². The molecule has 1 aliphatic rings. The van der Waals surface area contributed by atoms with Crippen molar-refractivity contribution in [2.24, 2.45) is 5.92 Å². The maximum atomic E-state index is 11.6. The quantitative estimate of drug-likeness (QED) is 0.295. The highest BCUT2D eigenvalue weighted by molar-refractivity contribution is 8.02. The molecule has 1 fully saturated rings. The number of carbonyl (C=O) groups is 2. The van der Waals surface area contributed by atoms with Crippen LogP contribution in [0.15, 0.2) is 35.7 Å². The first-order valence-electron chi connectivity index (χ1n) is 8.24. The summed E-state index contributed by atoms with van der Waals surface area (Å²) in [5.74, 6) is 0.851. The molecular formula is C17H21N3O5S. The highest BCUT2D eigenvalue weighted by Crippen LogP contribution is 2.20. The first-order valence-corrected chi connectivity index (χ1v) is 9.28. The minimum absolute atomic E-state index is 0.00462. The van der Waals surface area contributed by atoms with Crippen LogP contribution in [-0.2, 0) is 16.1 Å². The fraction of sp³-hybridized carbons (Fsp3) is 0.412. The molecule has 1 heterocycles. The van der Waals surface area contributed by atoms with E-state index in [1.54, 1.807) is 12.1 Å². The number of nitro groups is 1. The fourth-order valence-corrected chi connectivity index (χ4v) is 3.03. The van der Waals surface area contributed by atoms with Crippen LogP contribution in [0.4, 0.5) is 10.5 Å². The van der Waals surface area contributed by atoms with Gasteiger partial charge in [0.05, 0.1) is 16.9 Å². The number of non-ortho nitro benzene ring substituents is 1. The standard InChI is InChI=1S/C17H21N3O5S/c1-2-14-15(19-16(14)21)7-9-26-10-8-18-17(22)25-11-12-3-5-13(6-4-12)20(23)24/h3-7,9,14-15H,2,8,10-11H2,1H3,(H,18,22)(H,19,21). The second kappa shape index (κ2) is 9.81. The molecule has 0 aliphatic carbocycles. The number of ether oxygens (including phenoxy) is 1. The summed E-state index contributed by atoms with van der Waals surface area (Å²) in [7, 11) is 0. The van der Waals surface area contributed by atoms with Gasteiger partial charge in [-0.2, -0.15) is 0 Å². The molecule has 2 amide bonds. The lowest BCUT2D eigenvalue weighted by Crippen LogP contribution is -2.56. The van der Waals surface area contributed by atoms with E-state index in [0.717, 1.165) is 6.42 Å². The fourth-order valence-electron chi connectivity index (χ4n) is 2.39. The van der Waals surface area contributed by atoms with Gasteiger partial charge in [0.1, 0.15) is 6.61 Å². The predicted octanol–water partition coefficient (Wildman–Crippen LogP) is 2.59. The Labute approximate surface area is 155 Å². The lowest BCUT2D eigenvalue weighted by atomic mass is 9.88. The van der Waals surface area contributed by atoms with E-state index in [9.17, 15) is 19.7 Å². The van der Waals surface area contributed by atoms with Gasteiger partial charge in [0.15, 0.2) is 0 Å². The highest BCUT2D eigenvalue weighted by atomic mass is 32.2. The number of nitrogens with one attached hydrogen (secondary N) is 2. The van der Waals surface area contributed by atoms with Crippen molar-refractivity contribution in [3.8, 4) is 0 Å². The summed E-state index contributed by atoms with van der Waals surface area (Å²) in [6.07, 6.45) is 2.26. The monoisotopic (exact) mass is 379 g/mol. The number of thioether (sulfide) groups is 1. The van der Waals surface area contributed by atoms with Crippen LogP contribution in [0.1, 0.15) is 18.9 Å². The third kappa shape index (κ3) is 5.76. The zero-order valence-corrected chi connectivity index (χ0v) is 15.2. The summed E-state index contributed by atoms with van der Waals surface area (Å²) < 4.78 is 5.05. The Morgan fingerprint density at radius 3 is 2.77 bits per heavy atom. The van der Waals surface area contributed by atoms with Gasteiger partial charge in [-0.25, -0.2) is 4.79 Å². The molecule has 0 aromatic heterocycles.